The number of anilines is 1. The summed E-state index contributed by atoms with van der Waals surface area (Å²) in [5.41, 5.74) is 1.30. The number of rotatable bonds is 3. The van der Waals surface area contributed by atoms with Crippen molar-refractivity contribution >= 4 is 11.6 Å². The van der Waals surface area contributed by atoms with Crippen LogP contribution < -0.4 is 16.3 Å². The average molecular weight is 286 g/mol. The molecule has 1 aromatic carbocycles. The van der Waals surface area contributed by atoms with Crippen LogP contribution in [0, 0.1) is 5.92 Å². The fourth-order valence-corrected chi connectivity index (χ4v) is 2.63. The van der Waals surface area contributed by atoms with Gasteiger partial charge in [-0.2, -0.15) is 0 Å². The summed E-state index contributed by atoms with van der Waals surface area (Å²) >= 11 is 0. The highest BCUT2D eigenvalue weighted by atomic mass is 16.2. The van der Waals surface area contributed by atoms with Gasteiger partial charge in [-0.1, -0.05) is 6.92 Å². The van der Waals surface area contributed by atoms with Crippen molar-refractivity contribution in [2.75, 3.05) is 11.9 Å². The van der Waals surface area contributed by atoms with Crippen LogP contribution in [0.25, 0.3) is 5.69 Å². The van der Waals surface area contributed by atoms with Gasteiger partial charge in [-0.05, 0) is 43.1 Å². The third-order valence-electron chi connectivity index (χ3n) is 3.88. The number of hydrogen-bond donors (Lipinski definition) is 3. The highest BCUT2D eigenvalue weighted by molar-refractivity contribution is 5.95. The SMILES string of the molecule is CC1CCNC1C(=O)Nc1ccc(-n2cc[nH]c2=O)cc1. The molecule has 6 nitrogen and oxygen atoms in total. The van der Waals surface area contributed by atoms with E-state index in [0.717, 1.165) is 24.3 Å². The minimum Gasteiger partial charge on any atom is -0.325 e. The highest BCUT2D eigenvalue weighted by Crippen LogP contribution is 2.17. The largest absolute Gasteiger partial charge is 0.330 e. The maximum atomic E-state index is 12.2. The molecule has 0 saturated carbocycles. The summed E-state index contributed by atoms with van der Waals surface area (Å²) in [6.07, 6.45) is 4.28. The van der Waals surface area contributed by atoms with Crippen LogP contribution in [0.5, 0.6) is 0 Å². The predicted molar refractivity (Wildman–Crippen MR) is 80.6 cm³/mol. The third-order valence-corrected chi connectivity index (χ3v) is 3.88. The van der Waals surface area contributed by atoms with Gasteiger partial charge in [0.1, 0.15) is 0 Å². The van der Waals surface area contributed by atoms with Crippen molar-refractivity contribution < 1.29 is 4.79 Å². The zero-order valence-electron chi connectivity index (χ0n) is 11.8. The molecular formula is C15H18N4O2. The number of nitrogens with zero attached hydrogens (tertiary/aromatic N) is 1. The van der Waals surface area contributed by atoms with Crippen LogP contribution in [-0.2, 0) is 4.79 Å². The van der Waals surface area contributed by atoms with Crippen LogP contribution >= 0.6 is 0 Å². The summed E-state index contributed by atoms with van der Waals surface area (Å²) in [5, 5.41) is 6.11. The Bertz CT molecular complexity index is 686. The Balaban J connectivity index is 1.71. The number of imidazole rings is 1. The zero-order valence-corrected chi connectivity index (χ0v) is 11.8. The number of hydrogen-bond acceptors (Lipinski definition) is 3. The van der Waals surface area contributed by atoms with Gasteiger partial charge < -0.3 is 15.6 Å². The van der Waals surface area contributed by atoms with Gasteiger partial charge in [0.2, 0.25) is 5.91 Å². The molecule has 110 valence electrons. The van der Waals surface area contributed by atoms with Gasteiger partial charge in [0.25, 0.3) is 0 Å². The topological polar surface area (TPSA) is 78.9 Å². The Morgan fingerprint density at radius 1 is 1.33 bits per heavy atom. The van der Waals surface area contributed by atoms with Crippen molar-refractivity contribution in [2.45, 2.75) is 19.4 Å². The molecule has 2 atom stereocenters. The monoisotopic (exact) mass is 286 g/mol. The molecule has 6 heteroatoms. The first-order valence-electron chi connectivity index (χ1n) is 7.06. The second-order valence-electron chi connectivity index (χ2n) is 5.37. The van der Waals surface area contributed by atoms with E-state index in [1.165, 1.54) is 4.57 Å². The summed E-state index contributed by atoms with van der Waals surface area (Å²) in [5.74, 6) is 0.342. The molecule has 0 aliphatic carbocycles. The van der Waals surface area contributed by atoms with Crippen LogP contribution in [0.15, 0.2) is 41.5 Å². The molecule has 2 heterocycles. The number of aromatic nitrogens is 2. The van der Waals surface area contributed by atoms with Crippen molar-refractivity contribution in [3.05, 3.63) is 47.1 Å². The lowest BCUT2D eigenvalue weighted by atomic mass is 10.0. The molecule has 1 fully saturated rings. The number of nitrogens with one attached hydrogen (secondary N) is 3. The number of carbonyl (C=O) groups is 1. The molecule has 1 aromatic heterocycles. The molecule has 1 aliphatic heterocycles. The van der Waals surface area contributed by atoms with E-state index >= 15 is 0 Å². The van der Waals surface area contributed by atoms with Crippen molar-refractivity contribution in [2.24, 2.45) is 5.92 Å². The van der Waals surface area contributed by atoms with Crippen LogP contribution in [0.2, 0.25) is 0 Å². The van der Waals surface area contributed by atoms with E-state index in [0.29, 0.717) is 5.92 Å². The van der Waals surface area contributed by atoms with E-state index in [-0.39, 0.29) is 17.6 Å². The van der Waals surface area contributed by atoms with Crippen LogP contribution in [0.4, 0.5) is 5.69 Å². The number of carbonyl (C=O) groups excluding carboxylic acids is 1. The van der Waals surface area contributed by atoms with E-state index in [1.807, 2.05) is 0 Å². The van der Waals surface area contributed by atoms with E-state index in [1.54, 1.807) is 36.7 Å². The maximum absolute atomic E-state index is 12.2. The lowest BCUT2D eigenvalue weighted by molar-refractivity contribution is -0.118. The van der Waals surface area contributed by atoms with Gasteiger partial charge in [-0.15, -0.1) is 0 Å². The van der Waals surface area contributed by atoms with E-state index in [9.17, 15) is 9.59 Å². The van der Waals surface area contributed by atoms with Crippen molar-refractivity contribution in [3.63, 3.8) is 0 Å². The van der Waals surface area contributed by atoms with Crippen molar-refractivity contribution in [3.8, 4) is 5.69 Å². The Hall–Kier alpha value is -2.34. The second kappa shape index (κ2) is 5.57. The standard InChI is InChI=1S/C15H18N4O2/c1-10-6-7-16-13(10)14(20)18-11-2-4-12(5-3-11)19-9-8-17-15(19)21/h2-5,8-10,13,16H,6-7H2,1H3,(H,17,21)(H,18,20). The fraction of sp³-hybridized carbons (Fsp3) is 0.333. The van der Waals surface area contributed by atoms with E-state index in [4.69, 9.17) is 0 Å². The first kappa shape index (κ1) is 13.6. The lowest BCUT2D eigenvalue weighted by Gasteiger charge is -2.15. The summed E-state index contributed by atoms with van der Waals surface area (Å²) < 4.78 is 1.51. The van der Waals surface area contributed by atoms with E-state index < -0.39 is 0 Å². The molecular weight excluding hydrogens is 268 g/mol. The fourth-order valence-electron chi connectivity index (χ4n) is 2.63. The minimum absolute atomic E-state index is 0.00781. The molecule has 2 unspecified atom stereocenters. The normalized spacial score (nSPS) is 21.4. The third kappa shape index (κ3) is 2.75. The highest BCUT2D eigenvalue weighted by Gasteiger charge is 2.29. The summed E-state index contributed by atoms with van der Waals surface area (Å²) in [6, 6.07) is 7.07. The number of benzene rings is 1. The van der Waals surface area contributed by atoms with Gasteiger partial charge in [-0.25, -0.2) is 4.79 Å². The molecule has 3 N–H and O–H groups in total. The van der Waals surface area contributed by atoms with Gasteiger partial charge in [-0.3, -0.25) is 9.36 Å². The van der Waals surface area contributed by atoms with Crippen LogP contribution in [0.1, 0.15) is 13.3 Å². The maximum Gasteiger partial charge on any atom is 0.330 e. The van der Waals surface area contributed by atoms with Gasteiger partial charge in [0.05, 0.1) is 11.7 Å². The van der Waals surface area contributed by atoms with Gasteiger partial charge in [0.15, 0.2) is 0 Å². The molecule has 0 bridgehead atoms. The molecule has 1 aliphatic rings. The smallest absolute Gasteiger partial charge is 0.325 e. The number of H-pyrrole nitrogens is 1. The minimum atomic E-state index is -0.184. The molecule has 21 heavy (non-hydrogen) atoms. The summed E-state index contributed by atoms with van der Waals surface area (Å²) in [6.45, 7) is 2.96. The molecule has 0 spiro atoms. The first-order valence-corrected chi connectivity index (χ1v) is 7.06. The lowest BCUT2D eigenvalue weighted by Crippen LogP contribution is -2.39. The quantitative estimate of drug-likeness (QED) is 0.790. The molecule has 3 rings (SSSR count). The van der Waals surface area contributed by atoms with E-state index in [2.05, 4.69) is 22.5 Å². The first-order chi connectivity index (χ1) is 10.1. The average Bonchev–Trinajstić information content (AvgIpc) is 3.08. The Morgan fingerprint density at radius 2 is 2.10 bits per heavy atom. The number of amides is 1. The molecule has 2 aromatic rings. The Morgan fingerprint density at radius 3 is 2.67 bits per heavy atom. The number of aromatic amines is 1. The molecule has 1 amide bonds. The van der Waals surface area contributed by atoms with Gasteiger partial charge >= 0.3 is 5.69 Å². The van der Waals surface area contributed by atoms with Crippen molar-refractivity contribution in [1.82, 2.24) is 14.9 Å². The summed E-state index contributed by atoms with van der Waals surface area (Å²) in [7, 11) is 0. The second-order valence-corrected chi connectivity index (χ2v) is 5.37. The van der Waals surface area contributed by atoms with Crippen molar-refractivity contribution in [1.29, 1.82) is 0 Å². The summed E-state index contributed by atoms with van der Waals surface area (Å²) in [4.78, 5) is 26.3. The molecule has 1 saturated heterocycles. The zero-order chi connectivity index (χ0) is 14.8. The van der Waals surface area contributed by atoms with Gasteiger partial charge in [0, 0.05) is 18.1 Å². The molecule has 0 radical (unpaired) electrons. The predicted octanol–water partition coefficient (Wildman–Crippen LogP) is 1.10. The van der Waals surface area contributed by atoms with Crippen LogP contribution in [0.3, 0.4) is 0 Å². The Labute approximate surface area is 122 Å². The van der Waals surface area contributed by atoms with Crippen LogP contribution in [-0.4, -0.2) is 28.0 Å². The Kier molecular flexibility index (Phi) is 3.62.